The molecular formula is C11H12O3. The lowest BCUT2D eigenvalue weighted by Crippen LogP contribution is -1.93. The summed E-state index contributed by atoms with van der Waals surface area (Å²) < 4.78 is 4.45. The van der Waals surface area contributed by atoms with Crippen molar-refractivity contribution in [1.29, 1.82) is 0 Å². The van der Waals surface area contributed by atoms with Crippen LogP contribution < -0.4 is 0 Å². The fourth-order valence-corrected chi connectivity index (χ4v) is 1.05. The Morgan fingerprint density at radius 1 is 1.50 bits per heavy atom. The highest BCUT2D eigenvalue weighted by atomic mass is 16.5. The first-order valence-corrected chi connectivity index (χ1v) is 4.19. The lowest BCUT2D eigenvalue weighted by atomic mass is 10.1. The fourth-order valence-electron chi connectivity index (χ4n) is 1.05. The third-order valence-electron chi connectivity index (χ3n) is 1.95. The molecule has 0 fully saturated rings. The number of carbonyl (C=O) groups excluding carboxylic acids is 1. The van der Waals surface area contributed by atoms with Crippen molar-refractivity contribution in [2.75, 3.05) is 7.11 Å². The monoisotopic (exact) mass is 192 g/mol. The summed E-state index contributed by atoms with van der Waals surface area (Å²) in [6.07, 6.45) is 2.93. The number of phenolic OH excluding ortho intramolecular Hbond substituents is 1. The Kier molecular flexibility index (Phi) is 3.29. The van der Waals surface area contributed by atoms with Gasteiger partial charge in [-0.3, -0.25) is 0 Å². The van der Waals surface area contributed by atoms with Gasteiger partial charge in [0.1, 0.15) is 5.75 Å². The molecule has 14 heavy (non-hydrogen) atoms. The van der Waals surface area contributed by atoms with E-state index in [1.54, 1.807) is 25.1 Å². The fraction of sp³-hybridized carbons (Fsp3) is 0.182. The van der Waals surface area contributed by atoms with E-state index in [0.717, 1.165) is 11.1 Å². The van der Waals surface area contributed by atoms with Crippen molar-refractivity contribution < 1.29 is 14.6 Å². The van der Waals surface area contributed by atoms with Gasteiger partial charge in [0.05, 0.1) is 7.11 Å². The van der Waals surface area contributed by atoms with Crippen molar-refractivity contribution in [2.45, 2.75) is 6.92 Å². The average Bonchev–Trinajstić information content (AvgIpc) is 2.20. The van der Waals surface area contributed by atoms with Crippen molar-refractivity contribution in [3.8, 4) is 5.75 Å². The number of hydrogen-bond donors (Lipinski definition) is 1. The van der Waals surface area contributed by atoms with Gasteiger partial charge in [-0.05, 0) is 30.2 Å². The molecule has 0 aliphatic heterocycles. The summed E-state index contributed by atoms with van der Waals surface area (Å²) in [6, 6.07) is 5.14. The van der Waals surface area contributed by atoms with Crippen LogP contribution in [0, 0.1) is 6.92 Å². The van der Waals surface area contributed by atoms with Crippen molar-refractivity contribution in [1.82, 2.24) is 0 Å². The van der Waals surface area contributed by atoms with Gasteiger partial charge in [0.25, 0.3) is 0 Å². The molecule has 1 rings (SSSR count). The zero-order valence-electron chi connectivity index (χ0n) is 8.15. The first kappa shape index (κ1) is 10.3. The lowest BCUT2D eigenvalue weighted by Gasteiger charge is -2.01. The molecule has 0 atom stereocenters. The van der Waals surface area contributed by atoms with Gasteiger partial charge >= 0.3 is 5.97 Å². The van der Waals surface area contributed by atoms with Crippen LogP contribution in [-0.2, 0) is 9.53 Å². The second-order valence-electron chi connectivity index (χ2n) is 2.85. The van der Waals surface area contributed by atoms with Crippen LogP contribution in [0.3, 0.4) is 0 Å². The number of methoxy groups -OCH3 is 1. The molecule has 0 saturated heterocycles. The predicted molar refractivity (Wildman–Crippen MR) is 53.9 cm³/mol. The number of phenols is 1. The molecule has 0 aromatic heterocycles. The Bertz CT molecular complexity index is 367. The van der Waals surface area contributed by atoms with Crippen molar-refractivity contribution in [3.05, 3.63) is 35.4 Å². The van der Waals surface area contributed by atoms with E-state index >= 15 is 0 Å². The van der Waals surface area contributed by atoms with E-state index in [0.29, 0.717) is 0 Å². The highest BCUT2D eigenvalue weighted by molar-refractivity contribution is 5.87. The highest BCUT2D eigenvalue weighted by Crippen LogP contribution is 2.20. The highest BCUT2D eigenvalue weighted by Gasteiger charge is 1.99. The molecule has 74 valence electrons. The lowest BCUT2D eigenvalue weighted by molar-refractivity contribution is -0.134. The summed E-state index contributed by atoms with van der Waals surface area (Å²) in [7, 11) is 1.32. The van der Waals surface area contributed by atoms with Gasteiger partial charge in [0.15, 0.2) is 0 Å². The molecule has 0 aliphatic carbocycles. The first-order valence-electron chi connectivity index (χ1n) is 4.19. The van der Waals surface area contributed by atoms with Crippen LogP contribution in [0.2, 0.25) is 0 Å². The number of aromatic hydroxyl groups is 1. The van der Waals surface area contributed by atoms with E-state index in [9.17, 15) is 9.90 Å². The Balaban J connectivity index is 2.92. The largest absolute Gasteiger partial charge is 0.508 e. The minimum absolute atomic E-state index is 0.219. The molecule has 1 N–H and O–H groups in total. The van der Waals surface area contributed by atoms with Crippen molar-refractivity contribution in [3.63, 3.8) is 0 Å². The summed E-state index contributed by atoms with van der Waals surface area (Å²) in [5, 5.41) is 9.37. The average molecular weight is 192 g/mol. The summed E-state index contributed by atoms with van der Waals surface area (Å²) in [5.41, 5.74) is 1.54. The number of hydrogen-bond acceptors (Lipinski definition) is 3. The molecule has 3 heteroatoms. The van der Waals surface area contributed by atoms with Gasteiger partial charge < -0.3 is 9.84 Å². The number of esters is 1. The third-order valence-corrected chi connectivity index (χ3v) is 1.95. The van der Waals surface area contributed by atoms with Crippen molar-refractivity contribution in [2.24, 2.45) is 0 Å². The zero-order valence-corrected chi connectivity index (χ0v) is 8.15. The van der Waals surface area contributed by atoms with Crippen LogP contribution in [-0.4, -0.2) is 18.2 Å². The van der Waals surface area contributed by atoms with Crippen LogP contribution in [0.1, 0.15) is 11.1 Å². The molecule has 1 aromatic rings. The van der Waals surface area contributed by atoms with Crippen LogP contribution in [0.5, 0.6) is 5.75 Å². The Morgan fingerprint density at radius 2 is 2.21 bits per heavy atom. The molecular weight excluding hydrogens is 180 g/mol. The van der Waals surface area contributed by atoms with Crippen molar-refractivity contribution >= 4 is 12.0 Å². The van der Waals surface area contributed by atoms with Gasteiger partial charge in [-0.15, -0.1) is 0 Å². The van der Waals surface area contributed by atoms with E-state index in [-0.39, 0.29) is 5.75 Å². The maximum atomic E-state index is 10.8. The Morgan fingerprint density at radius 3 is 2.86 bits per heavy atom. The molecule has 0 radical (unpaired) electrons. The smallest absolute Gasteiger partial charge is 0.330 e. The summed E-state index contributed by atoms with van der Waals surface area (Å²) in [4.78, 5) is 10.8. The van der Waals surface area contributed by atoms with Gasteiger partial charge in [-0.2, -0.15) is 0 Å². The molecule has 3 nitrogen and oxygen atoms in total. The second-order valence-corrected chi connectivity index (χ2v) is 2.85. The van der Waals surface area contributed by atoms with Gasteiger partial charge in [0.2, 0.25) is 0 Å². The van der Waals surface area contributed by atoms with E-state index in [1.165, 1.54) is 13.2 Å². The summed E-state index contributed by atoms with van der Waals surface area (Å²) in [5.74, 6) is -0.190. The maximum Gasteiger partial charge on any atom is 0.330 e. The minimum Gasteiger partial charge on any atom is -0.508 e. The quantitative estimate of drug-likeness (QED) is 0.575. The Labute approximate surface area is 82.6 Å². The SMILES string of the molecule is COC(=O)C=Cc1cccc(O)c1C. The first-order chi connectivity index (χ1) is 6.65. The normalized spacial score (nSPS) is 10.4. The van der Waals surface area contributed by atoms with E-state index < -0.39 is 5.97 Å². The van der Waals surface area contributed by atoms with E-state index in [1.807, 2.05) is 6.07 Å². The van der Waals surface area contributed by atoms with E-state index in [4.69, 9.17) is 0 Å². The molecule has 0 spiro atoms. The molecule has 0 saturated carbocycles. The molecule has 0 aliphatic rings. The third kappa shape index (κ3) is 2.36. The summed E-state index contributed by atoms with van der Waals surface area (Å²) in [6.45, 7) is 1.78. The van der Waals surface area contributed by atoms with Crippen LogP contribution in [0.4, 0.5) is 0 Å². The predicted octanol–water partition coefficient (Wildman–Crippen LogP) is 1.89. The van der Waals surface area contributed by atoms with E-state index in [2.05, 4.69) is 4.74 Å². The van der Waals surface area contributed by atoms with Gasteiger partial charge in [-0.1, -0.05) is 12.1 Å². The number of carbonyl (C=O) groups is 1. The van der Waals surface area contributed by atoms with Crippen LogP contribution in [0.15, 0.2) is 24.3 Å². The topological polar surface area (TPSA) is 46.5 Å². The van der Waals surface area contributed by atoms with Gasteiger partial charge in [-0.25, -0.2) is 4.79 Å². The standard InChI is InChI=1S/C11H12O3/c1-8-9(4-3-5-10(8)12)6-7-11(13)14-2/h3-7,12H,1-2H3. The summed E-state index contributed by atoms with van der Waals surface area (Å²) >= 11 is 0. The molecule has 0 unspecified atom stereocenters. The second kappa shape index (κ2) is 4.46. The zero-order chi connectivity index (χ0) is 10.6. The van der Waals surface area contributed by atoms with Crippen LogP contribution >= 0.6 is 0 Å². The molecule has 0 amide bonds. The molecule has 0 bridgehead atoms. The van der Waals surface area contributed by atoms with Crippen LogP contribution in [0.25, 0.3) is 6.08 Å². The molecule has 0 heterocycles. The Hall–Kier alpha value is -1.77. The maximum absolute atomic E-state index is 10.8. The minimum atomic E-state index is -0.409. The number of ether oxygens (including phenoxy) is 1. The molecule has 1 aromatic carbocycles. The number of benzene rings is 1. The number of rotatable bonds is 2. The van der Waals surface area contributed by atoms with Gasteiger partial charge in [0, 0.05) is 6.08 Å².